The van der Waals surface area contributed by atoms with Gasteiger partial charge < -0.3 is 15.4 Å². The molecule has 0 aromatic heterocycles. The quantitative estimate of drug-likeness (QED) is 0.422. The minimum absolute atomic E-state index is 0.0545. The first-order chi connectivity index (χ1) is 16.8. The van der Waals surface area contributed by atoms with Gasteiger partial charge in [0.25, 0.3) is 0 Å². The van der Waals surface area contributed by atoms with Crippen LogP contribution >= 0.6 is 0 Å². The van der Waals surface area contributed by atoms with Crippen LogP contribution in [0.25, 0.3) is 0 Å². The molecule has 0 atom stereocenters. The van der Waals surface area contributed by atoms with Gasteiger partial charge in [0, 0.05) is 25.7 Å². The molecular formula is C29H51N3O3. The molecular weight excluding hydrogens is 438 g/mol. The highest BCUT2D eigenvalue weighted by Crippen LogP contribution is 2.24. The number of hydrogen-bond donors (Lipinski definition) is 1. The van der Waals surface area contributed by atoms with Crippen LogP contribution in [-0.4, -0.2) is 49.0 Å². The molecule has 0 aliphatic heterocycles. The van der Waals surface area contributed by atoms with E-state index in [4.69, 9.17) is 10.5 Å². The molecule has 2 rings (SSSR count). The van der Waals surface area contributed by atoms with E-state index in [0.717, 1.165) is 62.2 Å². The van der Waals surface area contributed by atoms with E-state index in [1.165, 1.54) is 18.9 Å². The third-order valence-electron chi connectivity index (χ3n) is 4.95. The number of hydrogen-bond acceptors (Lipinski definition) is 5. The van der Waals surface area contributed by atoms with Crippen LogP contribution in [0.4, 0.5) is 0 Å². The summed E-state index contributed by atoms with van der Waals surface area (Å²) in [5.74, 6) is 0.890. The van der Waals surface area contributed by atoms with Gasteiger partial charge in [0.15, 0.2) is 5.78 Å². The summed E-state index contributed by atoms with van der Waals surface area (Å²) >= 11 is 0. The fourth-order valence-electron chi connectivity index (χ4n) is 3.35. The van der Waals surface area contributed by atoms with Crippen LogP contribution < -0.4 is 10.5 Å². The zero-order valence-electron chi connectivity index (χ0n) is 23.9. The number of allylic oxidation sites excluding steroid dienone is 2. The minimum atomic E-state index is -0.121. The SMILES string of the molecule is CC.CCC.CCCN(CCC)C(=O)CN=C1CCC/C1=C(/N)C(C)=O.COc1ccccc1C. The Bertz CT molecular complexity index is 779. The molecule has 2 N–H and O–H groups in total. The first-order valence-electron chi connectivity index (χ1n) is 13.2. The van der Waals surface area contributed by atoms with Gasteiger partial charge in [-0.25, -0.2) is 0 Å². The second kappa shape index (κ2) is 21.9. The summed E-state index contributed by atoms with van der Waals surface area (Å²) in [6.45, 7) is 17.6. The first kappa shape index (κ1) is 34.5. The lowest BCUT2D eigenvalue weighted by Crippen LogP contribution is -2.34. The van der Waals surface area contributed by atoms with E-state index in [0.29, 0.717) is 5.70 Å². The number of carbonyl (C=O) groups is 2. The molecule has 0 bridgehead atoms. The lowest BCUT2D eigenvalue weighted by atomic mass is 10.1. The van der Waals surface area contributed by atoms with Gasteiger partial charge in [0.2, 0.25) is 5.91 Å². The smallest absolute Gasteiger partial charge is 0.244 e. The number of amides is 1. The normalized spacial score (nSPS) is 14.4. The molecule has 200 valence electrons. The number of Topliss-reactive ketones (excluding diaryl/α,β-unsaturated/α-hetero) is 1. The molecule has 6 nitrogen and oxygen atoms in total. The number of carbonyl (C=O) groups excluding carboxylic acids is 2. The number of para-hydroxylation sites is 1. The second-order valence-electron chi connectivity index (χ2n) is 8.12. The highest BCUT2D eigenvalue weighted by Gasteiger charge is 2.21. The van der Waals surface area contributed by atoms with E-state index in [9.17, 15) is 9.59 Å². The van der Waals surface area contributed by atoms with Crippen molar-refractivity contribution in [3.05, 3.63) is 41.1 Å². The molecule has 1 aromatic rings. The molecule has 6 heteroatoms. The fraction of sp³-hybridized carbons (Fsp3) is 0.621. The van der Waals surface area contributed by atoms with Crippen molar-refractivity contribution in [1.29, 1.82) is 0 Å². The van der Waals surface area contributed by atoms with E-state index in [1.807, 2.05) is 49.9 Å². The maximum absolute atomic E-state index is 12.2. The number of ketones is 1. The molecule has 1 aliphatic carbocycles. The molecule has 0 radical (unpaired) electrons. The summed E-state index contributed by atoms with van der Waals surface area (Å²) in [5.41, 5.74) is 8.99. The van der Waals surface area contributed by atoms with E-state index in [2.05, 4.69) is 32.7 Å². The molecule has 35 heavy (non-hydrogen) atoms. The van der Waals surface area contributed by atoms with Crippen molar-refractivity contribution in [3.8, 4) is 5.75 Å². The largest absolute Gasteiger partial charge is 0.496 e. The van der Waals surface area contributed by atoms with E-state index in [-0.39, 0.29) is 18.2 Å². The van der Waals surface area contributed by atoms with Crippen molar-refractivity contribution in [2.75, 3.05) is 26.7 Å². The monoisotopic (exact) mass is 489 g/mol. The van der Waals surface area contributed by atoms with Gasteiger partial charge in [0.05, 0.1) is 12.8 Å². The number of nitrogens with two attached hydrogens (primary N) is 1. The number of methoxy groups -OCH3 is 1. The van der Waals surface area contributed by atoms with Crippen molar-refractivity contribution in [1.82, 2.24) is 4.90 Å². The van der Waals surface area contributed by atoms with Crippen molar-refractivity contribution in [2.24, 2.45) is 10.7 Å². The number of benzene rings is 1. The van der Waals surface area contributed by atoms with Crippen LogP contribution in [0.2, 0.25) is 0 Å². The van der Waals surface area contributed by atoms with E-state index in [1.54, 1.807) is 7.11 Å². The zero-order chi connectivity index (χ0) is 27.2. The highest BCUT2D eigenvalue weighted by molar-refractivity contribution is 6.09. The van der Waals surface area contributed by atoms with Crippen LogP contribution in [0.15, 0.2) is 40.5 Å². The fourth-order valence-corrected chi connectivity index (χ4v) is 3.35. The standard InChI is InChI=1S/C16H27N3O2.C8H10O.C3H8.C2H6/c1-4-9-19(10-5-2)15(21)11-18-14-8-6-7-13(14)16(17)12(3)20;1-7-5-3-4-6-8(7)9-2;1-3-2;1-2/h4-11,17H2,1-3H3;3-6H,1-2H3;3H2,1-2H3;1-2H3/b16-13-,18-14?;;;. The minimum Gasteiger partial charge on any atom is -0.496 e. The van der Waals surface area contributed by atoms with Crippen LogP contribution in [0, 0.1) is 6.92 Å². The van der Waals surface area contributed by atoms with Crippen LogP contribution in [-0.2, 0) is 9.59 Å². The van der Waals surface area contributed by atoms with Gasteiger partial charge in [-0.15, -0.1) is 0 Å². The third-order valence-corrected chi connectivity index (χ3v) is 4.95. The van der Waals surface area contributed by atoms with Gasteiger partial charge in [-0.05, 0) is 56.2 Å². The Hall–Kier alpha value is -2.63. The van der Waals surface area contributed by atoms with Gasteiger partial charge in [-0.2, -0.15) is 0 Å². The summed E-state index contributed by atoms with van der Waals surface area (Å²) in [5, 5.41) is 0. The van der Waals surface area contributed by atoms with Crippen molar-refractivity contribution >= 4 is 17.4 Å². The maximum atomic E-state index is 12.2. The Labute approximate surface area is 215 Å². The Kier molecular flexibility index (Phi) is 21.6. The lowest BCUT2D eigenvalue weighted by molar-refractivity contribution is -0.129. The lowest BCUT2D eigenvalue weighted by Gasteiger charge is -2.20. The first-order valence-corrected chi connectivity index (χ1v) is 13.2. The molecule has 0 unspecified atom stereocenters. The Morgan fingerprint density at radius 2 is 1.57 bits per heavy atom. The van der Waals surface area contributed by atoms with Crippen LogP contribution in [0.1, 0.15) is 92.6 Å². The highest BCUT2D eigenvalue weighted by atomic mass is 16.5. The third kappa shape index (κ3) is 14.4. The molecule has 1 aromatic carbocycles. The zero-order valence-corrected chi connectivity index (χ0v) is 23.9. The number of aliphatic imine (C=N–C) groups is 1. The number of ether oxygens (including phenoxy) is 1. The summed E-state index contributed by atoms with van der Waals surface area (Å²) in [6, 6.07) is 7.94. The van der Waals surface area contributed by atoms with Crippen LogP contribution in [0.3, 0.4) is 0 Å². The molecule has 1 amide bonds. The topological polar surface area (TPSA) is 85.0 Å². The Morgan fingerprint density at radius 3 is 2.00 bits per heavy atom. The average molecular weight is 490 g/mol. The molecule has 1 saturated carbocycles. The number of aryl methyl sites for hydroxylation is 1. The van der Waals surface area contributed by atoms with Crippen molar-refractivity contribution in [3.63, 3.8) is 0 Å². The van der Waals surface area contributed by atoms with Gasteiger partial charge >= 0.3 is 0 Å². The summed E-state index contributed by atoms with van der Waals surface area (Å²) < 4.78 is 5.04. The second-order valence-corrected chi connectivity index (χ2v) is 8.12. The summed E-state index contributed by atoms with van der Waals surface area (Å²) in [6.07, 6.45) is 5.68. The molecule has 0 saturated heterocycles. The summed E-state index contributed by atoms with van der Waals surface area (Å²) in [4.78, 5) is 29.9. The molecule has 0 heterocycles. The van der Waals surface area contributed by atoms with E-state index >= 15 is 0 Å². The van der Waals surface area contributed by atoms with Gasteiger partial charge in [0.1, 0.15) is 12.3 Å². The molecule has 1 aliphatic rings. The Morgan fingerprint density at radius 1 is 1.03 bits per heavy atom. The van der Waals surface area contributed by atoms with Crippen LogP contribution in [0.5, 0.6) is 5.75 Å². The predicted octanol–water partition coefficient (Wildman–Crippen LogP) is 6.51. The molecule has 1 fully saturated rings. The summed E-state index contributed by atoms with van der Waals surface area (Å²) in [7, 11) is 1.68. The molecule has 0 spiro atoms. The predicted molar refractivity (Wildman–Crippen MR) is 150 cm³/mol. The van der Waals surface area contributed by atoms with Gasteiger partial charge in [-0.1, -0.05) is 66.2 Å². The Balaban J connectivity index is 0. The van der Waals surface area contributed by atoms with Gasteiger partial charge in [-0.3, -0.25) is 14.6 Å². The average Bonchev–Trinajstić information content (AvgIpc) is 3.33. The van der Waals surface area contributed by atoms with Crippen molar-refractivity contribution < 1.29 is 14.3 Å². The number of nitrogens with zero attached hydrogens (tertiary/aromatic N) is 2. The number of rotatable bonds is 8. The van der Waals surface area contributed by atoms with Crippen molar-refractivity contribution in [2.45, 2.75) is 93.9 Å². The maximum Gasteiger partial charge on any atom is 0.244 e. The van der Waals surface area contributed by atoms with E-state index < -0.39 is 0 Å².